The fourth-order valence-corrected chi connectivity index (χ4v) is 1.59. The average Bonchev–Trinajstić information content (AvgIpc) is 2.76. The number of amides is 1. The summed E-state index contributed by atoms with van der Waals surface area (Å²) >= 11 is 1.28. The second kappa shape index (κ2) is 5.88. The van der Waals surface area contributed by atoms with Gasteiger partial charge in [-0.25, -0.2) is 9.69 Å². The van der Waals surface area contributed by atoms with E-state index >= 15 is 0 Å². The van der Waals surface area contributed by atoms with Crippen molar-refractivity contribution >= 4 is 23.2 Å². The number of thiophene rings is 1. The van der Waals surface area contributed by atoms with Gasteiger partial charge in [0.25, 0.3) is 0 Å². The minimum absolute atomic E-state index is 0.0177. The predicted molar refractivity (Wildman–Crippen MR) is 57.6 cm³/mol. The molecule has 1 aromatic heterocycles. The van der Waals surface area contributed by atoms with Gasteiger partial charge >= 0.3 is 5.97 Å². The summed E-state index contributed by atoms with van der Waals surface area (Å²) < 4.78 is 4.90. The molecule has 16 heavy (non-hydrogen) atoms. The highest BCUT2D eigenvalue weighted by atomic mass is 32.1. The first-order chi connectivity index (χ1) is 7.65. The molecule has 0 fully saturated rings. The summed E-state index contributed by atoms with van der Waals surface area (Å²) in [5, 5.41) is 10.3. The Balaban J connectivity index is 2.34. The lowest BCUT2D eigenvalue weighted by molar-refractivity contribution is -0.126. The highest BCUT2D eigenvalue weighted by Crippen LogP contribution is 2.09. The number of nitrogens with zero attached hydrogens (tertiary/aromatic N) is 2. The lowest BCUT2D eigenvalue weighted by Gasteiger charge is -2.10. The third kappa shape index (κ3) is 3.37. The Hall–Kier alpha value is -1.87. The minimum atomic E-state index is -0.434. The van der Waals surface area contributed by atoms with E-state index in [-0.39, 0.29) is 19.1 Å². The van der Waals surface area contributed by atoms with Crippen molar-refractivity contribution in [2.45, 2.75) is 6.92 Å². The van der Waals surface area contributed by atoms with Crippen molar-refractivity contribution in [3.63, 3.8) is 0 Å². The molecule has 0 aliphatic heterocycles. The molecule has 0 radical (unpaired) electrons. The van der Waals surface area contributed by atoms with Crippen molar-refractivity contribution in [1.82, 2.24) is 4.90 Å². The number of hydrogen-bond donors (Lipinski definition) is 0. The molecule has 0 aliphatic rings. The average molecular weight is 238 g/mol. The first kappa shape index (κ1) is 12.2. The maximum absolute atomic E-state index is 11.3. The van der Waals surface area contributed by atoms with Crippen molar-refractivity contribution < 1.29 is 14.3 Å². The van der Waals surface area contributed by atoms with Gasteiger partial charge in [0.05, 0.1) is 6.54 Å². The van der Waals surface area contributed by atoms with Crippen LogP contribution in [0.1, 0.15) is 16.6 Å². The summed E-state index contributed by atoms with van der Waals surface area (Å²) in [5.41, 5.74) is 0. The Morgan fingerprint density at radius 3 is 2.88 bits per heavy atom. The molecule has 5 nitrogen and oxygen atoms in total. The van der Waals surface area contributed by atoms with E-state index in [4.69, 9.17) is 10.00 Å². The monoisotopic (exact) mass is 238 g/mol. The van der Waals surface area contributed by atoms with Crippen molar-refractivity contribution in [1.29, 1.82) is 5.26 Å². The Bertz CT molecular complexity index is 408. The van der Waals surface area contributed by atoms with Crippen molar-refractivity contribution in [3.05, 3.63) is 22.4 Å². The molecule has 1 rings (SSSR count). The molecule has 1 heterocycles. The van der Waals surface area contributed by atoms with Gasteiger partial charge in [-0.3, -0.25) is 4.79 Å². The Morgan fingerprint density at radius 2 is 2.38 bits per heavy atom. The smallest absolute Gasteiger partial charge is 0.348 e. The maximum Gasteiger partial charge on any atom is 0.348 e. The molecular weight excluding hydrogens is 228 g/mol. The number of nitriles is 1. The van der Waals surface area contributed by atoms with E-state index < -0.39 is 5.97 Å². The van der Waals surface area contributed by atoms with Crippen LogP contribution in [0.2, 0.25) is 0 Å². The summed E-state index contributed by atoms with van der Waals surface area (Å²) in [5.74, 6) is -0.800. The molecule has 1 aromatic rings. The number of carbonyl (C=O) groups excluding carboxylic acids is 2. The van der Waals surface area contributed by atoms with E-state index in [9.17, 15) is 9.59 Å². The molecule has 6 heteroatoms. The molecule has 0 bridgehead atoms. The molecule has 0 saturated heterocycles. The molecule has 0 saturated carbocycles. The Morgan fingerprint density at radius 1 is 1.62 bits per heavy atom. The summed E-state index contributed by atoms with van der Waals surface area (Å²) in [4.78, 5) is 23.6. The normalized spacial score (nSPS) is 9.25. The van der Waals surface area contributed by atoms with Crippen LogP contribution in [-0.2, 0) is 9.53 Å². The second-order valence-electron chi connectivity index (χ2n) is 2.88. The van der Waals surface area contributed by atoms with Crippen LogP contribution in [0.5, 0.6) is 0 Å². The topological polar surface area (TPSA) is 70.4 Å². The third-order valence-electron chi connectivity index (χ3n) is 1.77. The van der Waals surface area contributed by atoms with E-state index in [2.05, 4.69) is 0 Å². The van der Waals surface area contributed by atoms with E-state index in [1.807, 2.05) is 0 Å². The standard InChI is InChI=1S/C10H10N2O3S/c1-8(13)12(7-11)4-5-15-10(14)9-3-2-6-16-9/h2-3,6H,4-5H2,1H3. The molecule has 84 valence electrons. The highest BCUT2D eigenvalue weighted by molar-refractivity contribution is 7.11. The summed E-state index contributed by atoms with van der Waals surface area (Å²) in [6.07, 6.45) is 1.71. The number of carbonyl (C=O) groups is 2. The molecule has 0 aliphatic carbocycles. The molecule has 0 unspecified atom stereocenters. The van der Waals surface area contributed by atoms with E-state index in [0.717, 1.165) is 4.90 Å². The van der Waals surface area contributed by atoms with Gasteiger partial charge in [-0.2, -0.15) is 5.26 Å². The van der Waals surface area contributed by atoms with Crippen LogP contribution in [0.25, 0.3) is 0 Å². The fraction of sp³-hybridized carbons (Fsp3) is 0.300. The van der Waals surface area contributed by atoms with Crippen LogP contribution in [0.4, 0.5) is 0 Å². The van der Waals surface area contributed by atoms with E-state index in [1.54, 1.807) is 23.7 Å². The SMILES string of the molecule is CC(=O)N(C#N)CCOC(=O)c1cccs1. The van der Waals surface area contributed by atoms with Gasteiger partial charge in [0.1, 0.15) is 11.5 Å². The zero-order valence-corrected chi connectivity index (χ0v) is 9.49. The van der Waals surface area contributed by atoms with Crippen molar-refractivity contribution in [3.8, 4) is 6.19 Å². The summed E-state index contributed by atoms with van der Waals surface area (Å²) in [6.45, 7) is 1.39. The largest absolute Gasteiger partial charge is 0.460 e. The van der Waals surface area contributed by atoms with Crippen LogP contribution in [0, 0.1) is 11.5 Å². The zero-order chi connectivity index (χ0) is 12.0. The first-order valence-electron chi connectivity index (χ1n) is 4.53. The third-order valence-corrected chi connectivity index (χ3v) is 2.62. The van der Waals surface area contributed by atoms with Gasteiger partial charge in [-0.05, 0) is 11.4 Å². The summed E-state index contributed by atoms with van der Waals surface area (Å²) in [6, 6.07) is 3.40. The highest BCUT2D eigenvalue weighted by Gasteiger charge is 2.10. The van der Waals surface area contributed by atoms with Crippen LogP contribution >= 0.6 is 11.3 Å². The number of esters is 1. The van der Waals surface area contributed by atoms with E-state index in [0.29, 0.717) is 4.88 Å². The molecule has 0 N–H and O–H groups in total. The van der Waals surface area contributed by atoms with Crippen molar-refractivity contribution in [2.24, 2.45) is 0 Å². The van der Waals surface area contributed by atoms with Crippen LogP contribution in [-0.4, -0.2) is 29.9 Å². The van der Waals surface area contributed by atoms with Gasteiger partial charge in [-0.15, -0.1) is 11.3 Å². The second-order valence-corrected chi connectivity index (χ2v) is 3.83. The quantitative estimate of drug-likeness (QED) is 0.449. The van der Waals surface area contributed by atoms with Gasteiger partial charge in [-0.1, -0.05) is 6.07 Å². The van der Waals surface area contributed by atoms with Crippen molar-refractivity contribution in [2.75, 3.05) is 13.2 Å². The van der Waals surface area contributed by atoms with Crippen LogP contribution < -0.4 is 0 Å². The maximum atomic E-state index is 11.3. The fourth-order valence-electron chi connectivity index (χ4n) is 0.973. The Labute approximate surface area is 96.9 Å². The van der Waals surface area contributed by atoms with Crippen LogP contribution in [0.15, 0.2) is 17.5 Å². The minimum Gasteiger partial charge on any atom is -0.460 e. The van der Waals surface area contributed by atoms with Gasteiger partial charge in [0.15, 0.2) is 6.19 Å². The molecule has 0 atom stereocenters. The molecule has 0 aromatic carbocycles. The molecule has 0 spiro atoms. The lowest BCUT2D eigenvalue weighted by Crippen LogP contribution is -2.27. The van der Waals surface area contributed by atoms with E-state index in [1.165, 1.54) is 18.3 Å². The predicted octanol–water partition coefficient (Wildman–Crippen LogP) is 1.23. The molecule has 1 amide bonds. The Kier molecular flexibility index (Phi) is 4.48. The summed E-state index contributed by atoms with van der Waals surface area (Å²) in [7, 11) is 0. The van der Waals surface area contributed by atoms with Gasteiger partial charge in [0, 0.05) is 6.92 Å². The first-order valence-corrected chi connectivity index (χ1v) is 5.41. The van der Waals surface area contributed by atoms with Gasteiger partial charge < -0.3 is 4.74 Å². The molecular formula is C10H10N2O3S. The van der Waals surface area contributed by atoms with Gasteiger partial charge in [0.2, 0.25) is 5.91 Å². The number of rotatable bonds is 4. The van der Waals surface area contributed by atoms with Crippen LogP contribution in [0.3, 0.4) is 0 Å². The number of hydrogen-bond acceptors (Lipinski definition) is 5. The lowest BCUT2D eigenvalue weighted by atomic mass is 10.5. The zero-order valence-electron chi connectivity index (χ0n) is 8.67. The number of ether oxygens (including phenoxy) is 1.